The predicted molar refractivity (Wildman–Crippen MR) is 212 cm³/mol. The number of methoxy groups -OCH3 is 1. The first kappa shape index (κ1) is 41.4. The van der Waals surface area contributed by atoms with Gasteiger partial charge in [-0.2, -0.15) is 9.97 Å². The molecule has 3 aliphatic heterocycles. The monoisotopic (exact) mass is 766 g/mol. The third-order valence-electron chi connectivity index (χ3n) is 10.6. The number of ether oxygens (including phenoxy) is 2. The number of fused-ring (bicyclic) bond motifs is 3. The zero-order valence-electron chi connectivity index (χ0n) is 32.5. The maximum atomic E-state index is 17.2. The highest BCUT2D eigenvalue weighted by atomic mass is 31.2. The van der Waals surface area contributed by atoms with E-state index in [2.05, 4.69) is 15.1 Å². The largest absolute Gasteiger partial charge is 0.461 e. The Kier molecular flexibility index (Phi) is 14.4. The van der Waals surface area contributed by atoms with Gasteiger partial charge in [0, 0.05) is 38.6 Å². The molecule has 0 spiro atoms. The molecule has 1 amide bonds. The normalized spacial score (nSPS) is 19.2. The summed E-state index contributed by atoms with van der Waals surface area (Å²) in [6, 6.07) is 9.18. The maximum absolute atomic E-state index is 17.2. The second-order valence-electron chi connectivity index (χ2n) is 14.0. The lowest BCUT2D eigenvalue weighted by molar-refractivity contribution is -0.111. The number of halogens is 1. The Labute approximate surface area is 319 Å². The van der Waals surface area contributed by atoms with Gasteiger partial charge < -0.3 is 34.0 Å². The quantitative estimate of drug-likeness (QED) is 0.0716. The number of piperidine rings is 1. The Morgan fingerprint density at radius 1 is 1.04 bits per heavy atom. The van der Waals surface area contributed by atoms with Crippen molar-refractivity contribution >= 4 is 42.5 Å². The number of anilines is 1. The Morgan fingerprint density at radius 3 is 2.48 bits per heavy atom. The van der Waals surface area contributed by atoms with Crippen LogP contribution in [0.4, 0.5) is 10.2 Å². The van der Waals surface area contributed by atoms with Crippen LogP contribution >= 0.6 is 8.60 Å². The molecule has 0 aliphatic carbocycles. The van der Waals surface area contributed by atoms with E-state index in [0.717, 1.165) is 80.8 Å². The Morgan fingerprint density at radius 2 is 1.78 bits per heavy atom. The van der Waals surface area contributed by atoms with Gasteiger partial charge in [-0.3, -0.25) is 14.7 Å². The molecule has 3 aliphatic rings. The van der Waals surface area contributed by atoms with E-state index in [4.69, 9.17) is 28.9 Å². The third-order valence-corrected chi connectivity index (χ3v) is 11.0. The van der Waals surface area contributed by atoms with Gasteiger partial charge in [0.1, 0.15) is 29.4 Å². The number of nitrogens with one attached hydrogen (secondary N) is 1. The molecule has 294 valence electrons. The summed E-state index contributed by atoms with van der Waals surface area (Å²) in [6.45, 7) is 14.2. The highest BCUT2D eigenvalue weighted by Crippen LogP contribution is 2.42. The fourth-order valence-electron chi connectivity index (χ4n) is 8.28. The van der Waals surface area contributed by atoms with E-state index in [1.54, 1.807) is 25.4 Å². The summed E-state index contributed by atoms with van der Waals surface area (Å²) in [7, 11) is -1.06. The maximum Gasteiger partial charge on any atom is 0.391 e. The van der Waals surface area contributed by atoms with Gasteiger partial charge in [-0.05, 0) is 99.8 Å². The minimum absolute atomic E-state index is 0.0467. The topological polar surface area (TPSA) is 142 Å². The van der Waals surface area contributed by atoms with Crippen LogP contribution in [0.25, 0.3) is 32.9 Å². The van der Waals surface area contributed by atoms with Crippen molar-refractivity contribution in [3.8, 4) is 23.0 Å². The number of amides is 1. The first-order chi connectivity index (χ1) is 26.2. The number of carbonyl (C=O) groups is 1. The molecular weight excluding hydrogens is 710 g/mol. The Balaban J connectivity index is 0.00000136. The minimum Gasteiger partial charge on any atom is -0.461 e. The molecule has 7 rings (SSSR count). The van der Waals surface area contributed by atoms with Gasteiger partial charge in [-0.1, -0.05) is 45.9 Å². The van der Waals surface area contributed by atoms with Crippen molar-refractivity contribution in [3.63, 3.8) is 0 Å². The van der Waals surface area contributed by atoms with E-state index < -0.39 is 20.0 Å². The molecule has 0 bridgehead atoms. The van der Waals surface area contributed by atoms with Crippen LogP contribution in [-0.2, 0) is 16.0 Å². The summed E-state index contributed by atoms with van der Waals surface area (Å²) in [5.74, 6) is 0.0319. The third kappa shape index (κ3) is 8.87. The number of hydrogen-bond acceptors (Lipinski definition) is 11. The average molecular weight is 767 g/mol. The molecule has 0 saturated carbocycles. The smallest absolute Gasteiger partial charge is 0.391 e. The molecule has 1 atom stereocenters. The van der Waals surface area contributed by atoms with Crippen LogP contribution in [-0.4, -0.2) is 93.6 Å². The number of pyridine rings is 1. The molecule has 2 aromatic heterocycles. The molecule has 3 N–H and O–H groups in total. The number of carbonyl (C=O) groups excluding carboxylic acids is 1. The van der Waals surface area contributed by atoms with Crippen molar-refractivity contribution < 1.29 is 33.0 Å². The Bertz CT molecular complexity index is 1870. The number of aromatic nitrogens is 3. The second kappa shape index (κ2) is 18.7. The van der Waals surface area contributed by atoms with Gasteiger partial charge in [-0.15, -0.1) is 0 Å². The van der Waals surface area contributed by atoms with Gasteiger partial charge in [0.05, 0.1) is 16.5 Å². The van der Waals surface area contributed by atoms with E-state index in [0.29, 0.717) is 49.5 Å². The summed E-state index contributed by atoms with van der Waals surface area (Å²) in [5, 5.41) is 4.92. The fourth-order valence-corrected chi connectivity index (χ4v) is 8.58. The lowest BCUT2D eigenvalue weighted by Crippen LogP contribution is -2.55. The number of rotatable bonds is 13. The average Bonchev–Trinajstić information content (AvgIpc) is 3.76. The molecule has 2 aromatic carbocycles. The van der Waals surface area contributed by atoms with Crippen molar-refractivity contribution in [3.05, 3.63) is 47.9 Å². The van der Waals surface area contributed by atoms with Crippen molar-refractivity contribution in [2.24, 2.45) is 0 Å². The van der Waals surface area contributed by atoms with Crippen LogP contribution in [0.1, 0.15) is 85.1 Å². The van der Waals surface area contributed by atoms with E-state index in [1.807, 2.05) is 52.8 Å². The zero-order valence-corrected chi connectivity index (χ0v) is 33.4. The molecule has 0 radical (unpaired) electrons. The molecule has 12 nitrogen and oxygen atoms in total. The number of hydrogen-bond donors (Lipinski definition) is 3. The van der Waals surface area contributed by atoms with E-state index >= 15 is 4.39 Å². The highest BCUT2D eigenvalue weighted by Gasteiger charge is 2.45. The molecule has 4 aromatic rings. The molecule has 5 heterocycles. The van der Waals surface area contributed by atoms with Gasteiger partial charge >= 0.3 is 14.6 Å². The van der Waals surface area contributed by atoms with Crippen molar-refractivity contribution in [1.82, 2.24) is 25.2 Å². The van der Waals surface area contributed by atoms with Crippen molar-refractivity contribution in [2.45, 2.75) is 97.1 Å². The molecule has 14 heteroatoms. The van der Waals surface area contributed by atoms with Gasteiger partial charge in [0.15, 0.2) is 5.82 Å². The van der Waals surface area contributed by atoms with Crippen LogP contribution in [0.2, 0.25) is 0 Å². The van der Waals surface area contributed by atoms with Crippen LogP contribution in [0.3, 0.4) is 0 Å². The van der Waals surface area contributed by atoms with Crippen LogP contribution in [0, 0.1) is 5.82 Å². The SMILES string of the molecule is CC.CC.COCCCc1cccc2cc(OP(O)O)cc(-c3ncc4c(N5CCCC(C)(NC=O)C5)nc(OCC56CCCN5CCC6)nc4c3F)c12. The summed E-state index contributed by atoms with van der Waals surface area (Å²) in [4.78, 5) is 49.7. The lowest BCUT2D eigenvalue weighted by Gasteiger charge is -2.41. The Hall–Kier alpha value is -3.74. The summed E-state index contributed by atoms with van der Waals surface area (Å²) in [6.07, 6.45) is 9.66. The summed E-state index contributed by atoms with van der Waals surface area (Å²) in [5.41, 5.74) is 0.976. The number of nitrogens with zero attached hydrogens (tertiary/aromatic N) is 5. The van der Waals surface area contributed by atoms with E-state index in [1.165, 1.54) is 0 Å². The predicted octanol–water partition coefficient (Wildman–Crippen LogP) is 7.32. The molecule has 1 unspecified atom stereocenters. The molecular formula is C40H56FN6O6P. The molecule has 3 saturated heterocycles. The van der Waals surface area contributed by atoms with E-state index in [9.17, 15) is 14.6 Å². The summed E-state index contributed by atoms with van der Waals surface area (Å²) < 4.78 is 34.3. The van der Waals surface area contributed by atoms with Gasteiger partial charge in [-0.25, -0.2) is 4.39 Å². The van der Waals surface area contributed by atoms with Crippen LogP contribution in [0.5, 0.6) is 11.8 Å². The fraction of sp³-hybridized carbons (Fsp3) is 0.550. The molecule has 3 fully saturated rings. The highest BCUT2D eigenvalue weighted by molar-refractivity contribution is 7.39. The zero-order chi connectivity index (χ0) is 38.9. The standard InChI is InChI=1S/C36H44FN6O6P.2C2H6/c1-35(39-23-44)11-5-14-42(21-35)33-28-20-38-31(30(37)32(28)40-34(41-33)48-22-36-12-6-15-43(36)16-7-13-36)27-19-26(49-50(45)46)18-25-9-3-8-24(29(25)27)10-4-17-47-2;2*1-2/h3,8-9,18-20,23,45-46H,4-7,10-17,21-22H2,1-2H3,(H,39,44);2*1-2H3. The van der Waals surface area contributed by atoms with Gasteiger partial charge in [0.25, 0.3) is 0 Å². The number of benzene rings is 2. The van der Waals surface area contributed by atoms with Crippen molar-refractivity contribution in [2.75, 3.05) is 51.4 Å². The van der Waals surface area contributed by atoms with Crippen molar-refractivity contribution in [1.29, 1.82) is 0 Å². The van der Waals surface area contributed by atoms with Crippen LogP contribution in [0.15, 0.2) is 36.5 Å². The first-order valence-corrected chi connectivity index (χ1v) is 20.5. The second-order valence-corrected chi connectivity index (χ2v) is 14.7. The lowest BCUT2D eigenvalue weighted by atomic mass is 9.91. The van der Waals surface area contributed by atoms with E-state index in [-0.39, 0.29) is 28.5 Å². The van der Waals surface area contributed by atoms with Crippen LogP contribution < -0.4 is 19.5 Å². The minimum atomic E-state index is -2.71. The summed E-state index contributed by atoms with van der Waals surface area (Å²) >= 11 is 0. The first-order valence-electron chi connectivity index (χ1n) is 19.3. The molecule has 54 heavy (non-hydrogen) atoms. The number of aryl methyl sites for hydroxylation is 1. The van der Waals surface area contributed by atoms with Gasteiger partial charge in [0.2, 0.25) is 6.41 Å².